The standard InChI is InChI=1S/C20H22F3N3O3S/c1-25-30(28,29)11-26-6-2-3-13(10-26)14-8-15(18(22)9-16(14)20(24)27)12-4-5-17(21)19(23)7-12/h4-5,7-9,13,25H,2-3,6,10-11H2,1H3,(H2,24,27). The van der Waals surface area contributed by atoms with Crippen LogP contribution in [0, 0.1) is 17.5 Å². The second kappa shape index (κ2) is 8.75. The van der Waals surface area contributed by atoms with E-state index in [4.69, 9.17) is 5.73 Å². The number of nitrogens with one attached hydrogen (secondary N) is 1. The number of amides is 1. The van der Waals surface area contributed by atoms with Crippen LogP contribution in [0.2, 0.25) is 0 Å². The van der Waals surface area contributed by atoms with Crippen LogP contribution in [0.1, 0.15) is 34.7 Å². The number of halogens is 3. The zero-order valence-corrected chi connectivity index (χ0v) is 17.1. The normalized spacial score (nSPS) is 17.8. The lowest BCUT2D eigenvalue weighted by Gasteiger charge is -2.33. The van der Waals surface area contributed by atoms with Crippen LogP contribution in [-0.4, -0.2) is 45.2 Å². The van der Waals surface area contributed by atoms with E-state index in [1.54, 1.807) is 4.90 Å². The predicted molar refractivity (Wildman–Crippen MR) is 107 cm³/mol. The average molecular weight is 441 g/mol. The van der Waals surface area contributed by atoms with Gasteiger partial charge in [0.1, 0.15) is 11.7 Å². The van der Waals surface area contributed by atoms with E-state index in [2.05, 4.69) is 4.72 Å². The van der Waals surface area contributed by atoms with E-state index in [0.717, 1.165) is 18.2 Å². The quantitative estimate of drug-likeness (QED) is 0.721. The summed E-state index contributed by atoms with van der Waals surface area (Å²) in [4.78, 5) is 13.7. The molecule has 1 saturated heterocycles. The van der Waals surface area contributed by atoms with E-state index in [1.165, 1.54) is 19.2 Å². The summed E-state index contributed by atoms with van der Waals surface area (Å²) in [7, 11) is -2.14. The van der Waals surface area contributed by atoms with Crippen molar-refractivity contribution in [1.29, 1.82) is 0 Å². The topological polar surface area (TPSA) is 92.5 Å². The Labute approximate surface area is 172 Å². The fourth-order valence-corrected chi connectivity index (χ4v) is 4.60. The molecule has 1 fully saturated rings. The molecule has 1 heterocycles. The number of primary amides is 1. The van der Waals surface area contributed by atoms with E-state index in [9.17, 15) is 26.4 Å². The van der Waals surface area contributed by atoms with Crippen LogP contribution in [0.5, 0.6) is 0 Å². The zero-order chi connectivity index (χ0) is 22.1. The van der Waals surface area contributed by atoms with Crippen molar-refractivity contribution in [3.63, 3.8) is 0 Å². The van der Waals surface area contributed by atoms with Crippen molar-refractivity contribution < 1.29 is 26.4 Å². The number of carbonyl (C=O) groups excluding carboxylic acids is 1. The van der Waals surface area contributed by atoms with Crippen molar-refractivity contribution in [2.24, 2.45) is 5.73 Å². The van der Waals surface area contributed by atoms with Gasteiger partial charge in [0.2, 0.25) is 15.9 Å². The molecule has 10 heteroatoms. The molecule has 0 aliphatic carbocycles. The molecule has 0 aromatic heterocycles. The molecule has 1 amide bonds. The highest BCUT2D eigenvalue weighted by Gasteiger charge is 2.28. The van der Waals surface area contributed by atoms with Gasteiger partial charge in [-0.05, 0) is 67.7 Å². The number of hydrogen-bond acceptors (Lipinski definition) is 4. The van der Waals surface area contributed by atoms with Crippen LogP contribution in [0.25, 0.3) is 11.1 Å². The maximum atomic E-state index is 14.7. The molecule has 3 N–H and O–H groups in total. The van der Waals surface area contributed by atoms with Crippen molar-refractivity contribution >= 4 is 15.9 Å². The van der Waals surface area contributed by atoms with Gasteiger partial charge in [-0.3, -0.25) is 9.69 Å². The van der Waals surface area contributed by atoms with E-state index >= 15 is 0 Å². The van der Waals surface area contributed by atoms with Gasteiger partial charge < -0.3 is 5.73 Å². The lowest BCUT2D eigenvalue weighted by molar-refractivity contribution is 0.0997. The first kappa shape index (κ1) is 22.3. The smallest absolute Gasteiger partial charge is 0.249 e. The molecule has 1 aliphatic heterocycles. The average Bonchev–Trinajstić information content (AvgIpc) is 2.69. The van der Waals surface area contributed by atoms with Gasteiger partial charge in [0.05, 0.1) is 0 Å². The molecule has 30 heavy (non-hydrogen) atoms. The van der Waals surface area contributed by atoms with Crippen LogP contribution in [-0.2, 0) is 10.0 Å². The lowest BCUT2D eigenvalue weighted by atomic mass is 9.85. The molecule has 3 rings (SSSR count). The minimum absolute atomic E-state index is 0.00821. The third-order valence-electron chi connectivity index (χ3n) is 5.24. The number of sulfonamides is 1. The Morgan fingerprint density at radius 1 is 1.17 bits per heavy atom. The molecule has 0 spiro atoms. The summed E-state index contributed by atoms with van der Waals surface area (Å²) < 4.78 is 67.7. The van der Waals surface area contributed by atoms with Crippen LogP contribution in [0.3, 0.4) is 0 Å². The number of benzene rings is 2. The molecule has 2 aromatic carbocycles. The number of piperidine rings is 1. The highest BCUT2D eigenvalue weighted by atomic mass is 32.2. The first-order chi connectivity index (χ1) is 14.1. The Balaban J connectivity index is 2.02. The molecule has 0 bridgehead atoms. The van der Waals surface area contributed by atoms with Gasteiger partial charge in [-0.15, -0.1) is 0 Å². The molecule has 1 aliphatic rings. The minimum atomic E-state index is -3.47. The molecule has 1 unspecified atom stereocenters. The highest BCUT2D eigenvalue weighted by molar-refractivity contribution is 7.89. The summed E-state index contributed by atoms with van der Waals surface area (Å²) in [5.74, 6) is -4.26. The Kier molecular flexibility index (Phi) is 6.49. The van der Waals surface area contributed by atoms with Gasteiger partial charge in [0, 0.05) is 17.7 Å². The zero-order valence-electron chi connectivity index (χ0n) is 16.3. The van der Waals surface area contributed by atoms with Crippen molar-refractivity contribution in [3.05, 3.63) is 58.9 Å². The van der Waals surface area contributed by atoms with E-state index in [-0.39, 0.29) is 28.5 Å². The molecular formula is C20H22F3N3O3S. The fraction of sp³-hybridized carbons (Fsp3) is 0.350. The van der Waals surface area contributed by atoms with E-state index in [0.29, 0.717) is 31.5 Å². The van der Waals surface area contributed by atoms with Gasteiger partial charge in [-0.2, -0.15) is 0 Å². The van der Waals surface area contributed by atoms with Gasteiger partial charge in [0.15, 0.2) is 11.6 Å². The van der Waals surface area contributed by atoms with Gasteiger partial charge in [-0.25, -0.2) is 26.3 Å². The molecule has 2 aromatic rings. The summed E-state index contributed by atoms with van der Waals surface area (Å²) in [5.41, 5.74) is 6.02. The monoisotopic (exact) mass is 441 g/mol. The van der Waals surface area contributed by atoms with Gasteiger partial charge in [-0.1, -0.05) is 6.07 Å². The summed E-state index contributed by atoms with van der Waals surface area (Å²) in [6.07, 6.45) is 1.30. The Morgan fingerprint density at radius 2 is 1.90 bits per heavy atom. The number of hydrogen-bond donors (Lipinski definition) is 2. The predicted octanol–water partition coefficient (Wildman–Crippen LogP) is 2.56. The maximum Gasteiger partial charge on any atom is 0.249 e. The number of likely N-dealkylation sites (tertiary alicyclic amines) is 1. The van der Waals surface area contributed by atoms with Crippen LogP contribution in [0.15, 0.2) is 30.3 Å². The summed E-state index contributed by atoms with van der Waals surface area (Å²) in [5, 5.41) is 0. The largest absolute Gasteiger partial charge is 0.366 e. The number of nitrogens with zero attached hydrogens (tertiary/aromatic N) is 1. The summed E-state index contributed by atoms with van der Waals surface area (Å²) in [6, 6.07) is 5.45. The van der Waals surface area contributed by atoms with Crippen molar-refractivity contribution in [3.8, 4) is 11.1 Å². The van der Waals surface area contributed by atoms with Crippen LogP contribution < -0.4 is 10.5 Å². The number of rotatable bonds is 6. The Morgan fingerprint density at radius 3 is 2.53 bits per heavy atom. The second-order valence-corrected chi connectivity index (χ2v) is 9.17. The minimum Gasteiger partial charge on any atom is -0.366 e. The molecule has 1 atom stereocenters. The van der Waals surface area contributed by atoms with E-state index in [1.807, 2.05) is 0 Å². The lowest BCUT2D eigenvalue weighted by Crippen LogP contribution is -2.41. The third kappa shape index (κ3) is 4.82. The molecular weight excluding hydrogens is 419 g/mol. The molecule has 6 nitrogen and oxygen atoms in total. The van der Waals surface area contributed by atoms with Crippen molar-refractivity contribution in [1.82, 2.24) is 9.62 Å². The Hall–Kier alpha value is -2.43. The van der Waals surface area contributed by atoms with Crippen molar-refractivity contribution in [2.45, 2.75) is 18.8 Å². The second-order valence-electron chi connectivity index (χ2n) is 7.28. The molecule has 0 saturated carbocycles. The van der Waals surface area contributed by atoms with Crippen molar-refractivity contribution in [2.75, 3.05) is 26.0 Å². The number of carbonyl (C=O) groups is 1. The third-order valence-corrected chi connectivity index (χ3v) is 6.57. The van der Waals surface area contributed by atoms with Crippen LogP contribution in [0.4, 0.5) is 13.2 Å². The maximum absolute atomic E-state index is 14.7. The highest BCUT2D eigenvalue weighted by Crippen LogP contribution is 2.34. The molecule has 162 valence electrons. The SMILES string of the molecule is CNS(=O)(=O)CN1CCCC(c2cc(-c3ccc(F)c(F)c3)c(F)cc2C(N)=O)C1. The summed E-state index contributed by atoms with van der Waals surface area (Å²) in [6.45, 7) is 0.880. The van der Waals surface area contributed by atoms with E-state index < -0.39 is 33.4 Å². The first-order valence-corrected chi connectivity index (χ1v) is 11.0. The number of nitrogens with two attached hydrogens (primary N) is 1. The van der Waals surface area contributed by atoms with Crippen LogP contribution >= 0.6 is 0 Å². The Bertz CT molecular complexity index is 1080. The van der Waals surface area contributed by atoms with Gasteiger partial charge in [0.25, 0.3) is 0 Å². The molecule has 0 radical (unpaired) electrons. The first-order valence-electron chi connectivity index (χ1n) is 9.33. The summed E-state index contributed by atoms with van der Waals surface area (Å²) >= 11 is 0. The fourth-order valence-electron chi connectivity index (χ4n) is 3.76. The van der Waals surface area contributed by atoms with Gasteiger partial charge >= 0.3 is 0 Å².